The highest BCUT2D eigenvalue weighted by molar-refractivity contribution is 5.78. The molecule has 98 valence electrons. The van der Waals surface area contributed by atoms with Gasteiger partial charge in [-0.2, -0.15) is 0 Å². The average molecular weight is 247 g/mol. The first-order chi connectivity index (χ1) is 8.75. The van der Waals surface area contributed by atoms with Gasteiger partial charge in [-0.15, -0.1) is 0 Å². The number of benzene rings is 1. The van der Waals surface area contributed by atoms with Crippen molar-refractivity contribution < 1.29 is 4.79 Å². The molecule has 4 heteroatoms. The predicted octanol–water partition coefficient (Wildman–Crippen LogP) is 1.27. The molecule has 0 spiro atoms. The second kappa shape index (κ2) is 6.40. The minimum absolute atomic E-state index is 0.292. The Hall–Kier alpha value is -1.55. The quantitative estimate of drug-likeness (QED) is 0.734. The molecule has 0 radical (unpaired) electrons. The van der Waals surface area contributed by atoms with Crippen molar-refractivity contribution in [2.24, 2.45) is 5.73 Å². The Morgan fingerprint density at radius 1 is 1.39 bits per heavy atom. The summed E-state index contributed by atoms with van der Waals surface area (Å²) in [5, 5.41) is 6.91. The Kier molecular flexibility index (Phi) is 4.59. The normalized spacial score (nSPS) is 19.4. The summed E-state index contributed by atoms with van der Waals surface area (Å²) in [5.74, 6) is -0.292. The summed E-state index contributed by atoms with van der Waals surface area (Å²) in [6.07, 6.45) is 4.07. The van der Waals surface area contributed by atoms with Crippen LogP contribution in [-0.2, 0) is 11.2 Å². The van der Waals surface area contributed by atoms with E-state index in [-0.39, 0.29) is 5.91 Å². The largest absolute Gasteiger partial charge is 0.383 e. The van der Waals surface area contributed by atoms with Crippen LogP contribution in [0.15, 0.2) is 24.3 Å². The first-order valence-electron chi connectivity index (χ1n) is 6.59. The van der Waals surface area contributed by atoms with Crippen LogP contribution in [0.5, 0.6) is 0 Å². The maximum Gasteiger partial charge on any atom is 0.221 e. The van der Waals surface area contributed by atoms with Crippen molar-refractivity contribution in [3.05, 3.63) is 29.8 Å². The zero-order valence-electron chi connectivity index (χ0n) is 10.6. The topological polar surface area (TPSA) is 67.2 Å². The molecule has 2 rings (SSSR count). The Labute approximate surface area is 108 Å². The van der Waals surface area contributed by atoms with Crippen LogP contribution in [0.1, 0.15) is 24.8 Å². The minimum atomic E-state index is -0.292. The number of rotatable bonds is 5. The third kappa shape index (κ3) is 3.74. The van der Waals surface area contributed by atoms with Crippen LogP contribution in [0.2, 0.25) is 0 Å². The minimum Gasteiger partial charge on any atom is -0.383 e. The molecule has 1 atom stereocenters. The standard InChI is InChI=1S/C14H21N3O/c15-14(18)9-11-5-1-2-7-13(11)17-10-12-6-3-4-8-16-12/h1-2,5,7,12,16-17H,3-4,6,8-10H2,(H2,15,18). The summed E-state index contributed by atoms with van der Waals surface area (Å²) < 4.78 is 0. The van der Waals surface area contributed by atoms with Crippen molar-refractivity contribution in [3.63, 3.8) is 0 Å². The summed E-state index contributed by atoms with van der Waals surface area (Å²) >= 11 is 0. The Morgan fingerprint density at radius 3 is 2.94 bits per heavy atom. The number of primary amides is 1. The molecule has 1 aliphatic heterocycles. The summed E-state index contributed by atoms with van der Waals surface area (Å²) in [5.41, 5.74) is 7.24. The number of carbonyl (C=O) groups is 1. The molecule has 1 aliphatic rings. The zero-order chi connectivity index (χ0) is 12.8. The van der Waals surface area contributed by atoms with E-state index in [1.54, 1.807) is 0 Å². The van der Waals surface area contributed by atoms with Crippen molar-refractivity contribution in [3.8, 4) is 0 Å². The molecule has 1 saturated heterocycles. The molecule has 1 heterocycles. The molecule has 1 amide bonds. The second-order valence-electron chi connectivity index (χ2n) is 4.83. The molecule has 0 aromatic heterocycles. The molecule has 18 heavy (non-hydrogen) atoms. The van der Waals surface area contributed by atoms with E-state index >= 15 is 0 Å². The molecule has 0 aliphatic carbocycles. The van der Waals surface area contributed by atoms with E-state index in [9.17, 15) is 4.79 Å². The van der Waals surface area contributed by atoms with E-state index in [1.807, 2.05) is 24.3 Å². The highest BCUT2D eigenvalue weighted by atomic mass is 16.1. The number of para-hydroxylation sites is 1. The summed E-state index contributed by atoms with van der Waals surface area (Å²) in [7, 11) is 0. The molecule has 1 unspecified atom stereocenters. The predicted molar refractivity (Wildman–Crippen MR) is 73.5 cm³/mol. The van der Waals surface area contributed by atoms with Crippen LogP contribution in [0, 0.1) is 0 Å². The summed E-state index contributed by atoms with van der Waals surface area (Å²) in [6.45, 7) is 2.01. The van der Waals surface area contributed by atoms with E-state index < -0.39 is 0 Å². The van der Waals surface area contributed by atoms with Gasteiger partial charge in [-0.25, -0.2) is 0 Å². The van der Waals surface area contributed by atoms with Gasteiger partial charge in [0.15, 0.2) is 0 Å². The van der Waals surface area contributed by atoms with E-state index in [1.165, 1.54) is 19.3 Å². The van der Waals surface area contributed by atoms with E-state index in [0.717, 1.165) is 24.3 Å². The lowest BCUT2D eigenvalue weighted by Crippen LogP contribution is -2.39. The number of nitrogens with one attached hydrogen (secondary N) is 2. The SMILES string of the molecule is NC(=O)Cc1ccccc1NCC1CCCCN1. The van der Waals surface area contributed by atoms with Gasteiger partial charge in [-0.05, 0) is 31.0 Å². The van der Waals surface area contributed by atoms with Crippen LogP contribution in [0.3, 0.4) is 0 Å². The van der Waals surface area contributed by atoms with Crippen LogP contribution in [0.4, 0.5) is 5.69 Å². The van der Waals surface area contributed by atoms with E-state index in [4.69, 9.17) is 5.73 Å². The van der Waals surface area contributed by atoms with Gasteiger partial charge >= 0.3 is 0 Å². The average Bonchev–Trinajstić information content (AvgIpc) is 2.38. The van der Waals surface area contributed by atoms with Crippen LogP contribution < -0.4 is 16.4 Å². The molecule has 4 N–H and O–H groups in total. The fraction of sp³-hybridized carbons (Fsp3) is 0.500. The van der Waals surface area contributed by atoms with Gasteiger partial charge < -0.3 is 16.4 Å². The second-order valence-corrected chi connectivity index (χ2v) is 4.83. The number of hydrogen-bond acceptors (Lipinski definition) is 3. The van der Waals surface area contributed by atoms with Crippen molar-refractivity contribution in [1.82, 2.24) is 5.32 Å². The third-order valence-electron chi connectivity index (χ3n) is 3.33. The highest BCUT2D eigenvalue weighted by Crippen LogP contribution is 2.16. The molecule has 1 fully saturated rings. The van der Waals surface area contributed by atoms with Gasteiger partial charge in [0.05, 0.1) is 6.42 Å². The number of amides is 1. The molecule has 4 nitrogen and oxygen atoms in total. The third-order valence-corrected chi connectivity index (χ3v) is 3.33. The van der Waals surface area contributed by atoms with Crippen molar-refractivity contribution >= 4 is 11.6 Å². The lowest BCUT2D eigenvalue weighted by Gasteiger charge is -2.24. The van der Waals surface area contributed by atoms with Gasteiger partial charge in [-0.1, -0.05) is 24.6 Å². The van der Waals surface area contributed by atoms with Crippen molar-refractivity contribution in [1.29, 1.82) is 0 Å². The van der Waals surface area contributed by atoms with Gasteiger partial charge in [0.2, 0.25) is 5.91 Å². The van der Waals surface area contributed by atoms with Crippen LogP contribution >= 0.6 is 0 Å². The number of hydrogen-bond donors (Lipinski definition) is 3. The Bertz CT molecular complexity index is 400. The molecular formula is C14H21N3O. The van der Waals surface area contributed by atoms with Gasteiger partial charge in [0.25, 0.3) is 0 Å². The summed E-state index contributed by atoms with van der Waals surface area (Å²) in [6, 6.07) is 8.38. The highest BCUT2D eigenvalue weighted by Gasteiger charge is 2.12. The van der Waals surface area contributed by atoms with Gasteiger partial charge in [-0.3, -0.25) is 4.79 Å². The monoisotopic (exact) mass is 247 g/mol. The maximum atomic E-state index is 11.0. The lowest BCUT2D eigenvalue weighted by molar-refractivity contribution is -0.117. The van der Waals surface area contributed by atoms with Gasteiger partial charge in [0, 0.05) is 18.3 Å². The molecule has 1 aromatic rings. The smallest absolute Gasteiger partial charge is 0.221 e. The molecular weight excluding hydrogens is 226 g/mol. The van der Waals surface area contributed by atoms with Crippen LogP contribution in [-0.4, -0.2) is 25.0 Å². The van der Waals surface area contributed by atoms with Crippen LogP contribution in [0.25, 0.3) is 0 Å². The fourth-order valence-electron chi connectivity index (χ4n) is 2.37. The van der Waals surface area contributed by atoms with E-state index in [0.29, 0.717) is 12.5 Å². The number of nitrogens with two attached hydrogens (primary N) is 1. The summed E-state index contributed by atoms with van der Waals surface area (Å²) in [4.78, 5) is 11.0. The molecule has 0 saturated carbocycles. The lowest BCUT2D eigenvalue weighted by atomic mass is 10.0. The zero-order valence-corrected chi connectivity index (χ0v) is 10.6. The maximum absolute atomic E-state index is 11.0. The Morgan fingerprint density at radius 2 is 2.22 bits per heavy atom. The first-order valence-corrected chi connectivity index (χ1v) is 6.59. The van der Waals surface area contributed by atoms with Crippen molar-refractivity contribution in [2.75, 3.05) is 18.4 Å². The number of carbonyl (C=O) groups excluding carboxylic acids is 1. The van der Waals surface area contributed by atoms with Crippen molar-refractivity contribution in [2.45, 2.75) is 31.7 Å². The van der Waals surface area contributed by atoms with Gasteiger partial charge in [0.1, 0.15) is 0 Å². The van der Waals surface area contributed by atoms with E-state index in [2.05, 4.69) is 10.6 Å². The fourth-order valence-corrected chi connectivity index (χ4v) is 2.37. The molecule has 0 bridgehead atoms. The number of piperidine rings is 1. The number of anilines is 1. The first kappa shape index (κ1) is 12.9. The Balaban J connectivity index is 1.93. The molecule has 1 aromatic carbocycles.